The van der Waals surface area contributed by atoms with Crippen LogP contribution in [0.1, 0.15) is 58.3 Å². The molecule has 1 aliphatic rings. The summed E-state index contributed by atoms with van der Waals surface area (Å²) < 4.78 is 5.33. The minimum Gasteiger partial charge on any atom is -0.382 e. The van der Waals surface area contributed by atoms with Crippen LogP contribution in [-0.2, 0) is 4.74 Å². The zero-order valence-electron chi connectivity index (χ0n) is 11.8. The first-order chi connectivity index (χ1) is 8.27. The number of ether oxygens (including phenoxy) is 1. The molecule has 100 valence electrons. The molecule has 2 unspecified atom stereocenters. The lowest BCUT2D eigenvalue weighted by Crippen LogP contribution is -2.29. The van der Waals surface area contributed by atoms with Crippen molar-refractivity contribution in [2.24, 2.45) is 0 Å². The summed E-state index contributed by atoms with van der Waals surface area (Å²) in [6.45, 7) is 2.15. The van der Waals surface area contributed by atoms with Crippen molar-refractivity contribution in [2.45, 2.75) is 70.4 Å². The van der Waals surface area contributed by atoms with Crippen LogP contribution >= 0.6 is 0 Å². The Bertz CT molecular complexity index is 225. The lowest BCUT2D eigenvalue weighted by Gasteiger charge is -2.23. The van der Waals surface area contributed by atoms with Gasteiger partial charge in [-0.1, -0.05) is 24.5 Å². The van der Waals surface area contributed by atoms with Gasteiger partial charge in [0.1, 0.15) is 0 Å². The highest BCUT2D eigenvalue weighted by Crippen LogP contribution is 2.22. The predicted molar refractivity (Wildman–Crippen MR) is 74.3 cm³/mol. The largest absolute Gasteiger partial charge is 0.382 e. The van der Waals surface area contributed by atoms with Crippen molar-refractivity contribution in [1.82, 2.24) is 5.32 Å². The highest BCUT2D eigenvalue weighted by Gasteiger charge is 2.14. The maximum atomic E-state index is 5.33. The lowest BCUT2D eigenvalue weighted by molar-refractivity contribution is 0.107. The second kappa shape index (κ2) is 8.71. The van der Waals surface area contributed by atoms with Crippen molar-refractivity contribution in [1.29, 1.82) is 0 Å². The second-order valence-electron chi connectivity index (χ2n) is 5.20. The molecule has 0 aliphatic heterocycles. The van der Waals surface area contributed by atoms with Gasteiger partial charge >= 0.3 is 0 Å². The molecule has 0 aromatic heterocycles. The molecule has 1 N–H and O–H groups in total. The topological polar surface area (TPSA) is 21.3 Å². The normalized spacial score (nSPS) is 21.2. The van der Waals surface area contributed by atoms with Gasteiger partial charge in [-0.25, -0.2) is 0 Å². The first kappa shape index (κ1) is 14.7. The number of methoxy groups -OCH3 is 1. The smallest absolute Gasteiger partial charge is 0.0543 e. The minimum atomic E-state index is 0.375. The van der Waals surface area contributed by atoms with Crippen LogP contribution in [0.4, 0.5) is 0 Å². The third kappa shape index (κ3) is 5.69. The van der Waals surface area contributed by atoms with Crippen LogP contribution in [0.2, 0.25) is 0 Å². The molecule has 0 aromatic carbocycles. The molecule has 0 amide bonds. The monoisotopic (exact) mass is 239 g/mol. The van der Waals surface area contributed by atoms with Crippen molar-refractivity contribution >= 4 is 0 Å². The van der Waals surface area contributed by atoms with E-state index >= 15 is 0 Å². The first-order valence-corrected chi connectivity index (χ1v) is 7.17. The highest BCUT2D eigenvalue weighted by molar-refractivity contribution is 5.11. The van der Waals surface area contributed by atoms with Gasteiger partial charge in [0.15, 0.2) is 0 Å². The van der Waals surface area contributed by atoms with E-state index in [2.05, 4.69) is 25.4 Å². The fourth-order valence-electron chi connectivity index (χ4n) is 2.57. The van der Waals surface area contributed by atoms with E-state index in [0.717, 1.165) is 6.42 Å². The molecule has 0 bridgehead atoms. The molecule has 0 radical (unpaired) electrons. The second-order valence-corrected chi connectivity index (χ2v) is 5.20. The summed E-state index contributed by atoms with van der Waals surface area (Å²) in [5, 5.41) is 3.48. The molecular formula is C15H29NO. The van der Waals surface area contributed by atoms with Crippen LogP contribution in [0.3, 0.4) is 0 Å². The van der Waals surface area contributed by atoms with E-state index in [-0.39, 0.29) is 0 Å². The third-order valence-electron chi connectivity index (χ3n) is 3.89. The van der Waals surface area contributed by atoms with Gasteiger partial charge in [-0.15, -0.1) is 0 Å². The summed E-state index contributed by atoms with van der Waals surface area (Å²) in [7, 11) is 3.88. The molecule has 17 heavy (non-hydrogen) atoms. The lowest BCUT2D eigenvalue weighted by atomic mass is 9.92. The molecule has 0 aromatic rings. The Labute approximate surface area is 107 Å². The molecule has 2 nitrogen and oxygen atoms in total. The summed E-state index contributed by atoms with van der Waals surface area (Å²) in [6, 6.07) is 0.561. The Morgan fingerprint density at radius 1 is 1.24 bits per heavy atom. The van der Waals surface area contributed by atoms with Gasteiger partial charge in [0, 0.05) is 13.2 Å². The number of allylic oxidation sites excluding steroid dienone is 1. The minimum absolute atomic E-state index is 0.375. The molecular weight excluding hydrogens is 210 g/mol. The van der Waals surface area contributed by atoms with Gasteiger partial charge in [-0.05, 0) is 52.5 Å². The van der Waals surface area contributed by atoms with Crippen LogP contribution < -0.4 is 5.32 Å². The molecule has 0 saturated heterocycles. The molecule has 0 spiro atoms. The quantitative estimate of drug-likeness (QED) is 0.714. The number of nitrogens with one attached hydrogen (secondary N) is 1. The summed E-state index contributed by atoms with van der Waals surface area (Å²) in [5.74, 6) is 0. The number of hydrogen-bond donors (Lipinski definition) is 1. The van der Waals surface area contributed by atoms with Crippen molar-refractivity contribution in [2.75, 3.05) is 14.2 Å². The summed E-state index contributed by atoms with van der Waals surface area (Å²) >= 11 is 0. The van der Waals surface area contributed by atoms with E-state index in [0.29, 0.717) is 12.1 Å². The number of likely N-dealkylation sites (N-methyl/N-ethyl adjacent to an activating group) is 1. The summed E-state index contributed by atoms with van der Waals surface area (Å²) in [6.07, 6.45) is 13.3. The SMILES string of the molecule is CNC(CCC(C)OC)C1=CCCCCCC1. The van der Waals surface area contributed by atoms with Gasteiger partial charge in [0.2, 0.25) is 0 Å². The zero-order valence-corrected chi connectivity index (χ0v) is 11.8. The maximum absolute atomic E-state index is 5.33. The molecule has 0 fully saturated rings. The van der Waals surface area contributed by atoms with Crippen LogP contribution in [-0.4, -0.2) is 26.3 Å². The molecule has 1 aliphatic carbocycles. The molecule has 0 heterocycles. The Balaban J connectivity index is 2.46. The Morgan fingerprint density at radius 3 is 2.71 bits per heavy atom. The van der Waals surface area contributed by atoms with Gasteiger partial charge in [0.05, 0.1) is 6.10 Å². The zero-order chi connectivity index (χ0) is 12.5. The number of hydrogen-bond acceptors (Lipinski definition) is 2. The fourth-order valence-corrected chi connectivity index (χ4v) is 2.57. The van der Waals surface area contributed by atoms with Crippen LogP contribution in [0.25, 0.3) is 0 Å². The van der Waals surface area contributed by atoms with E-state index in [4.69, 9.17) is 4.74 Å². The van der Waals surface area contributed by atoms with Crippen LogP contribution in [0, 0.1) is 0 Å². The molecule has 2 heteroatoms. The van der Waals surface area contributed by atoms with Gasteiger partial charge in [0.25, 0.3) is 0 Å². The van der Waals surface area contributed by atoms with Gasteiger partial charge in [-0.3, -0.25) is 0 Å². The maximum Gasteiger partial charge on any atom is 0.0543 e. The van der Waals surface area contributed by atoms with E-state index in [9.17, 15) is 0 Å². The number of rotatable bonds is 6. The summed E-state index contributed by atoms with van der Waals surface area (Å²) in [5.41, 5.74) is 1.63. The summed E-state index contributed by atoms with van der Waals surface area (Å²) in [4.78, 5) is 0. The average molecular weight is 239 g/mol. The van der Waals surface area contributed by atoms with E-state index < -0.39 is 0 Å². The Hall–Kier alpha value is -0.340. The van der Waals surface area contributed by atoms with E-state index in [1.54, 1.807) is 12.7 Å². The average Bonchev–Trinajstić information content (AvgIpc) is 2.31. The van der Waals surface area contributed by atoms with Gasteiger partial charge in [-0.2, -0.15) is 0 Å². The van der Waals surface area contributed by atoms with Crippen molar-refractivity contribution in [3.05, 3.63) is 11.6 Å². The Kier molecular flexibility index (Phi) is 7.54. The Morgan fingerprint density at radius 2 is 2.00 bits per heavy atom. The highest BCUT2D eigenvalue weighted by atomic mass is 16.5. The van der Waals surface area contributed by atoms with Crippen molar-refractivity contribution in [3.63, 3.8) is 0 Å². The van der Waals surface area contributed by atoms with Crippen molar-refractivity contribution in [3.8, 4) is 0 Å². The van der Waals surface area contributed by atoms with Crippen molar-refractivity contribution < 1.29 is 4.74 Å². The predicted octanol–water partition coefficient (Wildman–Crippen LogP) is 3.67. The standard InChI is InChI=1S/C15H29NO/c1-13(17-3)11-12-15(16-2)14-9-7-5-4-6-8-10-14/h9,13,15-16H,4-8,10-12H2,1-3H3. The van der Waals surface area contributed by atoms with E-state index in [1.165, 1.54) is 44.9 Å². The van der Waals surface area contributed by atoms with E-state index in [1.807, 2.05) is 0 Å². The molecule has 2 atom stereocenters. The fraction of sp³-hybridized carbons (Fsp3) is 0.867. The van der Waals surface area contributed by atoms with Gasteiger partial charge < -0.3 is 10.1 Å². The first-order valence-electron chi connectivity index (χ1n) is 7.17. The molecule has 1 rings (SSSR count). The van der Waals surface area contributed by atoms with Crippen LogP contribution in [0.15, 0.2) is 11.6 Å². The molecule has 0 saturated carbocycles. The third-order valence-corrected chi connectivity index (χ3v) is 3.89. The van der Waals surface area contributed by atoms with Crippen LogP contribution in [0.5, 0.6) is 0 Å².